The van der Waals surface area contributed by atoms with Gasteiger partial charge in [-0.1, -0.05) is 222 Å². The molecule has 360 valence electrons. The number of hydrogen-bond acceptors (Lipinski definition) is 3. The third-order valence-electron chi connectivity index (χ3n) is 17.2. The van der Waals surface area contributed by atoms with Gasteiger partial charge in [0.05, 0.1) is 5.69 Å². The van der Waals surface area contributed by atoms with Crippen LogP contribution in [0.5, 0.6) is 0 Å². The summed E-state index contributed by atoms with van der Waals surface area (Å²) in [4.78, 5) is 7.82. The maximum Gasteiger partial charge on any atom is 0.333 e. The summed E-state index contributed by atoms with van der Waals surface area (Å²) in [5.41, 5.74) is 29.3. The fraction of sp³-hybridized carbons (Fsp3) is 0.0833. The van der Waals surface area contributed by atoms with Gasteiger partial charge in [0.2, 0.25) is 0 Å². The van der Waals surface area contributed by atoms with Crippen molar-refractivity contribution in [2.45, 2.75) is 38.5 Å². The molecule has 4 heteroatoms. The molecule has 3 heterocycles. The molecule has 0 atom stereocenters. The average Bonchev–Trinajstić information content (AvgIpc) is 3.89. The van der Waals surface area contributed by atoms with E-state index in [1.165, 1.54) is 112 Å². The Kier molecular flexibility index (Phi) is 9.75. The SMILES string of the molecule is CC1(C)c2ccccc2-c2c1ccc1c2-c2cc(N(c3ccc(-c4ccccc4)cc3)c3ccc(-c4ccccc4)cc3)cc3c2B(c2cccc4c2N3c2ccccc2C4(C)C)N1c1ccc(-c2ccccc2)cc1. The normalized spacial score (nSPS) is 14.4. The molecule has 11 aromatic rings. The van der Waals surface area contributed by atoms with E-state index in [4.69, 9.17) is 0 Å². The lowest BCUT2D eigenvalue weighted by atomic mass is 9.42. The summed E-state index contributed by atoms with van der Waals surface area (Å²) < 4.78 is 0. The van der Waals surface area contributed by atoms with Crippen molar-refractivity contribution in [3.05, 3.63) is 277 Å². The van der Waals surface area contributed by atoms with Gasteiger partial charge in [0.25, 0.3) is 0 Å². The lowest BCUT2D eigenvalue weighted by Gasteiger charge is -2.51. The predicted octanol–water partition coefficient (Wildman–Crippen LogP) is 17.8. The number of anilines is 8. The Labute approximate surface area is 446 Å². The Bertz CT molecular complexity index is 4010. The molecule has 11 aromatic carbocycles. The standard InChI is InChI=1S/C72H54BN3/c1-71(2)59-26-15-14-25-57(59)67-61(71)43-44-65-68(67)58-45-56(74(53-37-31-50(32-38-53)47-19-8-5-9-20-47)54-39-33-51(34-40-54)48-21-10-6-11-22-48)46-66-69(58)73(76(65)55-41-35-52(36-42-55)49-23-12-7-13-24-49)63-29-18-28-62-70(63)75(66)64-30-17-16-27-60(64)72(62,3)4/h5-46H,1-4H3. The molecule has 15 rings (SSSR count). The highest BCUT2D eigenvalue weighted by Crippen LogP contribution is 2.60. The van der Waals surface area contributed by atoms with Crippen molar-refractivity contribution in [3.63, 3.8) is 0 Å². The molecular weight excluding hydrogens is 918 g/mol. The van der Waals surface area contributed by atoms with Crippen molar-refractivity contribution in [3.8, 4) is 55.6 Å². The van der Waals surface area contributed by atoms with Crippen molar-refractivity contribution in [2.24, 2.45) is 0 Å². The minimum Gasteiger partial charge on any atom is -0.376 e. The zero-order valence-corrected chi connectivity index (χ0v) is 43.2. The molecule has 1 aliphatic carbocycles. The summed E-state index contributed by atoms with van der Waals surface area (Å²) in [5.74, 6) is 0. The van der Waals surface area contributed by atoms with Gasteiger partial charge in [-0.05, 0) is 144 Å². The Morgan fingerprint density at radius 1 is 0.342 bits per heavy atom. The molecule has 0 saturated heterocycles. The number of benzene rings is 11. The van der Waals surface area contributed by atoms with Gasteiger partial charge in [-0.25, -0.2) is 0 Å². The van der Waals surface area contributed by atoms with E-state index >= 15 is 0 Å². The van der Waals surface area contributed by atoms with Crippen LogP contribution in [0.1, 0.15) is 49.9 Å². The van der Waals surface area contributed by atoms with E-state index in [0.29, 0.717) is 0 Å². The molecule has 0 bridgehead atoms. The number of hydrogen-bond donors (Lipinski definition) is 0. The molecule has 4 aliphatic rings. The van der Waals surface area contributed by atoms with Gasteiger partial charge < -0.3 is 14.6 Å². The Balaban J connectivity index is 1.05. The van der Waals surface area contributed by atoms with E-state index < -0.39 is 0 Å². The van der Waals surface area contributed by atoms with Crippen LogP contribution in [-0.2, 0) is 10.8 Å². The lowest BCUT2D eigenvalue weighted by molar-refractivity contribution is 0.632. The van der Waals surface area contributed by atoms with Gasteiger partial charge in [0.1, 0.15) is 0 Å². The first-order chi connectivity index (χ1) is 37.2. The molecule has 3 aliphatic heterocycles. The Morgan fingerprint density at radius 3 is 1.45 bits per heavy atom. The second-order valence-corrected chi connectivity index (χ2v) is 22.0. The van der Waals surface area contributed by atoms with Gasteiger partial charge in [-0.3, -0.25) is 0 Å². The summed E-state index contributed by atoms with van der Waals surface area (Å²) >= 11 is 0. The van der Waals surface area contributed by atoms with Gasteiger partial charge in [-0.15, -0.1) is 0 Å². The molecule has 0 spiro atoms. The molecule has 0 N–H and O–H groups in total. The maximum atomic E-state index is 2.69. The Morgan fingerprint density at radius 2 is 0.842 bits per heavy atom. The Hall–Kier alpha value is -9.12. The fourth-order valence-corrected chi connectivity index (χ4v) is 13.5. The second kappa shape index (κ2) is 16.7. The van der Waals surface area contributed by atoms with Crippen LogP contribution < -0.4 is 25.5 Å². The number of rotatable bonds is 7. The predicted molar refractivity (Wildman–Crippen MR) is 321 cm³/mol. The van der Waals surface area contributed by atoms with Crippen LogP contribution in [-0.4, -0.2) is 6.85 Å². The van der Waals surface area contributed by atoms with Crippen molar-refractivity contribution in [1.29, 1.82) is 0 Å². The average molecular weight is 972 g/mol. The summed E-state index contributed by atoms with van der Waals surface area (Å²) in [7, 11) is 0. The molecule has 76 heavy (non-hydrogen) atoms. The molecule has 0 radical (unpaired) electrons. The minimum absolute atomic E-state index is 0.146. The van der Waals surface area contributed by atoms with Gasteiger partial charge >= 0.3 is 6.85 Å². The van der Waals surface area contributed by atoms with Crippen molar-refractivity contribution >= 4 is 63.3 Å². The van der Waals surface area contributed by atoms with Crippen LogP contribution in [0.2, 0.25) is 0 Å². The minimum atomic E-state index is -0.256. The summed E-state index contributed by atoms with van der Waals surface area (Å²) in [6.07, 6.45) is 0. The van der Waals surface area contributed by atoms with E-state index in [1.807, 2.05) is 0 Å². The monoisotopic (exact) mass is 971 g/mol. The molecule has 0 amide bonds. The molecule has 0 unspecified atom stereocenters. The quantitative estimate of drug-likeness (QED) is 0.147. The largest absolute Gasteiger partial charge is 0.376 e. The van der Waals surface area contributed by atoms with E-state index in [0.717, 1.165) is 22.7 Å². The molecule has 0 fully saturated rings. The topological polar surface area (TPSA) is 9.72 Å². The van der Waals surface area contributed by atoms with Crippen LogP contribution in [0.3, 0.4) is 0 Å². The van der Waals surface area contributed by atoms with E-state index in [9.17, 15) is 0 Å². The summed E-state index contributed by atoms with van der Waals surface area (Å²) in [6.45, 7) is 9.49. The van der Waals surface area contributed by atoms with Gasteiger partial charge in [0.15, 0.2) is 0 Å². The molecule has 0 aromatic heterocycles. The fourth-order valence-electron chi connectivity index (χ4n) is 13.5. The highest BCUT2D eigenvalue weighted by molar-refractivity contribution is 6.93. The van der Waals surface area contributed by atoms with Crippen LogP contribution in [0.25, 0.3) is 55.6 Å². The zero-order valence-electron chi connectivity index (χ0n) is 43.2. The van der Waals surface area contributed by atoms with Crippen LogP contribution in [0.15, 0.2) is 255 Å². The lowest BCUT2D eigenvalue weighted by Crippen LogP contribution is -2.62. The first-order valence-corrected chi connectivity index (χ1v) is 26.8. The maximum absolute atomic E-state index is 2.69. The van der Waals surface area contributed by atoms with Gasteiger partial charge in [-0.2, -0.15) is 0 Å². The highest BCUT2D eigenvalue weighted by atomic mass is 15.2. The highest BCUT2D eigenvalue weighted by Gasteiger charge is 2.51. The molecular formula is C72H54BN3. The summed E-state index contributed by atoms with van der Waals surface area (Å²) in [6, 6.07) is 95.2. The van der Waals surface area contributed by atoms with Crippen LogP contribution >= 0.6 is 0 Å². The number of para-hydroxylation sites is 2. The second-order valence-electron chi connectivity index (χ2n) is 22.0. The number of nitrogens with zero attached hydrogens (tertiary/aromatic N) is 3. The van der Waals surface area contributed by atoms with E-state index in [2.05, 4.69) is 297 Å². The smallest absolute Gasteiger partial charge is 0.333 e. The van der Waals surface area contributed by atoms with E-state index in [1.54, 1.807) is 0 Å². The van der Waals surface area contributed by atoms with Crippen LogP contribution in [0.4, 0.5) is 45.5 Å². The third kappa shape index (κ3) is 6.50. The van der Waals surface area contributed by atoms with Crippen LogP contribution in [0, 0.1) is 0 Å². The van der Waals surface area contributed by atoms with Crippen molar-refractivity contribution in [2.75, 3.05) is 14.6 Å². The molecule has 0 saturated carbocycles. The first-order valence-electron chi connectivity index (χ1n) is 26.8. The zero-order chi connectivity index (χ0) is 50.9. The van der Waals surface area contributed by atoms with Crippen molar-refractivity contribution in [1.82, 2.24) is 0 Å². The first kappa shape index (κ1) is 44.4. The molecule has 3 nitrogen and oxygen atoms in total. The van der Waals surface area contributed by atoms with Crippen molar-refractivity contribution < 1.29 is 0 Å². The summed E-state index contributed by atoms with van der Waals surface area (Å²) in [5, 5.41) is 0. The van der Waals surface area contributed by atoms with E-state index in [-0.39, 0.29) is 17.7 Å². The van der Waals surface area contributed by atoms with Gasteiger partial charge in [0, 0.05) is 56.2 Å². The third-order valence-corrected chi connectivity index (χ3v) is 17.2. The number of fused-ring (bicyclic) bond motifs is 10.